The fourth-order valence-corrected chi connectivity index (χ4v) is 5.26. The van der Waals surface area contributed by atoms with Crippen LogP contribution in [0.2, 0.25) is 10.0 Å². The molecule has 0 atom stereocenters. The molecule has 0 aliphatic rings. The van der Waals surface area contributed by atoms with E-state index in [4.69, 9.17) is 40.2 Å². The van der Waals surface area contributed by atoms with Crippen LogP contribution in [0.3, 0.4) is 0 Å². The van der Waals surface area contributed by atoms with Gasteiger partial charge in [0.2, 0.25) is 5.95 Å². The van der Waals surface area contributed by atoms with Crippen molar-refractivity contribution >= 4 is 74.7 Å². The molecule has 3 aromatic rings. The Balaban J connectivity index is 1.78. The summed E-state index contributed by atoms with van der Waals surface area (Å²) in [4.78, 5) is 31.8. The molecule has 0 aliphatic carbocycles. The lowest BCUT2D eigenvalue weighted by Gasteiger charge is -2.17. The number of nitrogens with one attached hydrogen (secondary N) is 2. The molecule has 0 fully saturated rings. The second-order valence-electron chi connectivity index (χ2n) is 7.27. The number of benzene rings is 1. The van der Waals surface area contributed by atoms with Crippen molar-refractivity contribution in [1.29, 1.82) is 0 Å². The molecule has 0 aliphatic heterocycles. The molecule has 0 saturated heterocycles. The van der Waals surface area contributed by atoms with Crippen LogP contribution in [0.5, 0.6) is 0 Å². The fourth-order valence-electron chi connectivity index (χ4n) is 3.32. The molecule has 186 valence electrons. The quantitative estimate of drug-likeness (QED) is 0.293. The molecule has 0 spiro atoms. The number of nitrogens with zero attached hydrogens (tertiary/aromatic N) is 4. The van der Waals surface area contributed by atoms with Crippen LogP contribution in [-0.2, 0) is 11.3 Å². The van der Waals surface area contributed by atoms with Crippen LogP contribution in [0.15, 0.2) is 24.5 Å². The van der Waals surface area contributed by atoms with Crippen molar-refractivity contribution in [2.45, 2.75) is 27.3 Å². The van der Waals surface area contributed by atoms with E-state index in [-0.39, 0.29) is 22.5 Å². The van der Waals surface area contributed by atoms with Crippen molar-refractivity contribution in [3.63, 3.8) is 0 Å². The van der Waals surface area contributed by atoms with Crippen molar-refractivity contribution in [3.05, 3.63) is 56.1 Å². The van der Waals surface area contributed by atoms with E-state index in [9.17, 15) is 9.59 Å². The van der Waals surface area contributed by atoms with Crippen LogP contribution < -0.4 is 10.6 Å². The lowest BCUT2D eigenvalue weighted by molar-refractivity contribution is 0.0601. The second kappa shape index (κ2) is 11.8. The summed E-state index contributed by atoms with van der Waals surface area (Å²) >= 11 is 19.0. The average molecular weight is 556 g/mol. The minimum absolute atomic E-state index is 0.145. The summed E-state index contributed by atoms with van der Waals surface area (Å²) in [5.41, 5.74) is 1.50. The van der Waals surface area contributed by atoms with E-state index in [1.807, 2.05) is 13.8 Å². The Bertz CT molecular complexity index is 1240. The van der Waals surface area contributed by atoms with Crippen molar-refractivity contribution in [2.24, 2.45) is 0 Å². The van der Waals surface area contributed by atoms with E-state index >= 15 is 0 Å². The van der Waals surface area contributed by atoms with Gasteiger partial charge >= 0.3 is 5.97 Å². The minimum atomic E-state index is -0.568. The largest absolute Gasteiger partial charge is 0.465 e. The van der Waals surface area contributed by atoms with Crippen LogP contribution in [0.1, 0.15) is 45.0 Å². The van der Waals surface area contributed by atoms with Crippen LogP contribution >= 0.6 is 46.8 Å². The third-order valence-corrected chi connectivity index (χ3v) is 7.26. The Kier molecular flexibility index (Phi) is 9.06. The molecule has 1 amide bonds. The minimum Gasteiger partial charge on any atom is -0.465 e. The van der Waals surface area contributed by atoms with Gasteiger partial charge in [0.15, 0.2) is 5.11 Å². The van der Waals surface area contributed by atoms with E-state index in [1.54, 1.807) is 34.7 Å². The summed E-state index contributed by atoms with van der Waals surface area (Å²) in [5.74, 6) is -0.493. The van der Waals surface area contributed by atoms with Gasteiger partial charge in [-0.05, 0) is 50.7 Å². The van der Waals surface area contributed by atoms with E-state index in [0.717, 1.165) is 16.9 Å². The number of methoxy groups -OCH3 is 1. The Morgan fingerprint density at radius 2 is 1.86 bits per heavy atom. The van der Waals surface area contributed by atoms with Crippen molar-refractivity contribution in [1.82, 2.24) is 19.7 Å². The number of thiocarbonyl (C=S) groups is 1. The number of ether oxygens (including phenoxy) is 1. The molecule has 0 unspecified atom stereocenters. The highest BCUT2D eigenvalue weighted by Gasteiger charge is 2.27. The summed E-state index contributed by atoms with van der Waals surface area (Å²) in [6, 6.07) is 5.26. The lowest BCUT2D eigenvalue weighted by atomic mass is 10.1. The maximum atomic E-state index is 12.9. The zero-order chi connectivity index (χ0) is 25.7. The Morgan fingerprint density at radius 1 is 1.20 bits per heavy atom. The smallest absolute Gasteiger partial charge is 0.341 e. The molecule has 13 heteroatoms. The first-order chi connectivity index (χ1) is 16.7. The number of carbonyl (C=O) groups is 2. The highest BCUT2D eigenvalue weighted by molar-refractivity contribution is 7.80. The first-order valence-electron chi connectivity index (χ1n) is 10.6. The number of thiophene rings is 1. The molecule has 9 nitrogen and oxygen atoms in total. The molecule has 0 radical (unpaired) electrons. The highest BCUT2D eigenvalue weighted by atomic mass is 35.5. The van der Waals surface area contributed by atoms with Crippen molar-refractivity contribution in [2.75, 3.05) is 30.8 Å². The summed E-state index contributed by atoms with van der Waals surface area (Å²) < 4.78 is 6.50. The molecule has 35 heavy (non-hydrogen) atoms. The SMILES string of the molecule is CCN(CC)C(=O)c1sc(NC(=S)Nc2ncn(Cc3c(Cl)cccc3Cl)n2)c(C(=O)OC)c1C. The molecule has 0 bridgehead atoms. The molecule has 1 aromatic carbocycles. The van der Waals surface area contributed by atoms with Crippen LogP contribution in [-0.4, -0.2) is 56.9 Å². The normalized spacial score (nSPS) is 10.7. The molecule has 2 N–H and O–H groups in total. The average Bonchev–Trinajstić information content (AvgIpc) is 3.40. The molecular formula is C22H24Cl2N6O3S2. The van der Waals surface area contributed by atoms with E-state index in [2.05, 4.69) is 20.7 Å². The van der Waals surface area contributed by atoms with Gasteiger partial charge in [0.1, 0.15) is 11.3 Å². The van der Waals surface area contributed by atoms with Gasteiger partial charge in [0.05, 0.1) is 24.1 Å². The number of amides is 1. The third kappa shape index (κ3) is 6.10. The summed E-state index contributed by atoms with van der Waals surface area (Å²) in [5, 5.41) is 11.8. The van der Waals surface area contributed by atoms with E-state index < -0.39 is 5.97 Å². The Labute approximate surface area is 222 Å². The predicted molar refractivity (Wildman–Crippen MR) is 143 cm³/mol. The fraction of sp³-hybridized carbons (Fsp3) is 0.318. The van der Waals surface area contributed by atoms with Gasteiger partial charge in [-0.15, -0.1) is 16.4 Å². The van der Waals surface area contributed by atoms with Crippen molar-refractivity contribution < 1.29 is 14.3 Å². The van der Waals surface area contributed by atoms with Crippen LogP contribution in [0.4, 0.5) is 10.9 Å². The van der Waals surface area contributed by atoms with Gasteiger partial charge in [0, 0.05) is 28.7 Å². The third-order valence-electron chi connectivity index (χ3n) is 5.15. The lowest BCUT2D eigenvalue weighted by Crippen LogP contribution is -2.30. The number of aromatic nitrogens is 3. The zero-order valence-electron chi connectivity index (χ0n) is 19.5. The van der Waals surface area contributed by atoms with Gasteiger partial charge < -0.3 is 15.0 Å². The number of hydrogen-bond donors (Lipinski definition) is 2. The van der Waals surface area contributed by atoms with Gasteiger partial charge in [-0.3, -0.25) is 10.1 Å². The maximum Gasteiger partial charge on any atom is 0.341 e. The summed E-state index contributed by atoms with van der Waals surface area (Å²) in [6.45, 7) is 6.93. The maximum absolute atomic E-state index is 12.9. The number of anilines is 2. The van der Waals surface area contributed by atoms with Gasteiger partial charge in [-0.2, -0.15) is 0 Å². The monoisotopic (exact) mass is 554 g/mol. The standard InChI is InChI=1S/C22H24Cl2N6O3S2/c1-5-29(6-2)19(31)17-12(3)16(20(32)33-4)18(35-17)26-22(34)27-21-25-11-30(28-21)10-13-14(23)8-7-9-15(13)24/h7-9,11H,5-6,10H2,1-4H3,(H2,26,27,28,34). The number of halogens is 2. The number of rotatable bonds is 8. The topological polar surface area (TPSA) is 101 Å². The zero-order valence-corrected chi connectivity index (χ0v) is 22.7. The Morgan fingerprint density at radius 3 is 2.46 bits per heavy atom. The first kappa shape index (κ1) is 26.9. The predicted octanol–water partition coefficient (Wildman–Crippen LogP) is 5.08. The molecule has 0 saturated carbocycles. The highest BCUT2D eigenvalue weighted by Crippen LogP contribution is 2.34. The number of esters is 1. The Hall–Kier alpha value is -2.73. The first-order valence-corrected chi connectivity index (χ1v) is 12.6. The summed E-state index contributed by atoms with van der Waals surface area (Å²) in [6.07, 6.45) is 1.51. The number of carbonyl (C=O) groups excluding carboxylic acids is 2. The van der Waals surface area contributed by atoms with E-state index in [0.29, 0.717) is 45.1 Å². The molecule has 3 rings (SSSR count). The number of hydrogen-bond acceptors (Lipinski definition) is 7. The van der Waals surface area contributed by atoms with E-state index in [1.165, 1.54) is 13.4 Å². The second-order valence-corrected chi connectivity index (χ2v) is 9.52. The van der Waals surface area contributed by atoms with Crippen LogP contribution in [0.25, 0.3) is 0 Å². The molecule has 2 aromatic heterocycles. The van der Waals surface area contributed by atoms with Crippen molar-refractivity contribution in [3.8, 4) is 0 Å². The summed E-state index contributed by atoms with van der Waals surface area (Å²) in [7, 11) is 1.29. The molecular weight excluding hydrogens is 531 g/mol. The van der Waals surface area contributed by atoms with Gasteiger partial charge in [-0.1, -0.05) is 29.3 Å². The van der Waals surface area contributed by atoms with Crippen LogP contribution in [0, 0.1) is 6.92 Å². The van der Waals surface area contributed by atoms with Gasteiger partial charge in [-0.25, -0.2) is 14.5 Å². The molecule has 2 heterocycles. The van der Waals surface area contributed by atoms with Gasteiger partial charge in [0.25, 0.3) is 5.91 Å².